The molecule has 0 bridgehead atoms. The van der Waals surface area contributed by atoms with Gasteiger partial charge in [0.1, 0.15) is 0 Å². The Morgan fingerprint density at radius 1 is 1.50 bits per heavy atom. The van der Waals surface area contributed by atoms with Gasteiger partial charge in [-0.25, -0.2) is 0 Å². The van der Waals surface area contributed by atoms with Crippen LogP contribution in [-0.4, -0.2) is 36.1 Å². The molecule has 2 atom stereocenters. The highest BCUT2D eigenvalue weighted by Gasteiger charge is 2.29. The van der Waals surface area contributed by atoms with Crippen molar-refractivity contribution in [3.63, 3.8) is 0 Å². The second-order valence-electron chi connectivity index (χ2n) is 3.89. The molecule has 3 nitrogen and oxygen atoms in total. The fraction of sp³-hybridized carbons (Fsp3) is 0.500. The van der Waals surface area contributed by atoms with Crippen molar-refractivity contribution in [1.82, 2.24) is 9.88 Å². The first kappa shape index (κ1) is 10.1. The van der Waals surface area contributed by atoms with E-state index < -0.39 is 0 Å². The molecule has 0 radical (unpaired) electrons. The Morgan fingerprint density at radius 3 is 2.79 bits per heavy atom. The largest absolute Gasteiger partial charge is 0.326 e. The maximum Gasteiger partial charge on any atom is 0.0464 e. The molecule has 1 aliphatic heterocycles. The first-order chi connectivity index (χ1) is 6.66. The Labute approximate surface area is 92.4 Å². The molecule has 2 N–H and O–H groups in total. The van der Waals surface area contributed by atoms with Gasteiger partial charge in [-0.2, -0.15) is 0 Å². The van der Waals surface area contributed by atoms with Crippen LogP contribution in [-0.2, 0) is 0 Å². The average molecular weight is 256 g/mol. The van der Waals surface area contributed by atoms with Crippen molar-refractivity contribution in [1.29, 1.82) is 0 Å². The fourth-order valence-corrected chi connectivity index (χ4v) is 2.19. The number of pyridine rings is 1. The SMILES string of the molecule is CN1CC(N)C(c2ccc(Br)cn2)C1. The van der Waals surface area contributed by atoms with Crippen LogP contribution in [0, 0.1) is 0 Å². The van der Waals surface area contributed by atoms with Gasteiger partial charge in [0.25, 0.3) is 0 Å². The molecule has 0 aliphatic carbocycles. The van der Waals surface area contributed by atoms with E-state index in [0.717, 1.165) is 23.3 Å². The number of likely N-dealkylation sites (tertiary alicyclic amines) is 1. The van der Waals surface area contributed by atoms with Crippen LogP contribution in [0.3, 0.4) is 0 Å². The number of hydrogen-bond acceptors (Lipinski definition) is 3. The normalized spacial score (nSPS) is 28.2. The zero-order valence-corrected chi connectivity index (χ0v) is 9.74. The Kier molecular flexibility index (Phi) is 2.85. The van der Waals surface area contributed by atoms with Crippen molar-refractivity contribution in [2.45, 2.75) is 12.0 Å². The Balaban J connectivity index is 2.19. The summed E-state index contributed by atoms with van der Waals surface area (Å²) in [7, 11) is 2.10. The Hall–Kier alpha value is -0.450. The van der Waals surface area contributed by atoms with E-state index in [4.69, 9.17) is 5.73 Å². The lowest BCUT2D eigenvalue weighted by atomic mass is 10.0. The van der Waals surface area contributed by atoms with E-state index in [1.54, 1.807) is 0 Å². The van der Waals surface area contributed by atoms with Crippen LogP contribution in [0.2, 0.25) is 0 Å². The van der Waals surface area contributed by atoms with Gasteiger partial charge in [0.05, 0.1) is 0 Å². The van der Waals surface area contributed by atoms with Crippen LogP contribution in [0.15, 0.2) is 22.8 Å². The molecule has 14 heavy (non-hydrogen) atoms. The fourth-order valence-electron chi connectivity index (χ4n) is 1.95. The number of aromatic nitrogens is 1. The number of nitrogens with zero attached hydrogens (tertiary/aromatic N) is 2. The van der Waals surface area contributed by atoms with Crippen molar-refractivity contribution < 1.29 is 0 Å². The molecule has 0 amide bonds. The van der Waals surface area contributed by atoms with E-state index in [2.05, 4.69) is 32.9 Å². The highest BCUT2D eigenvalue weighted by atomic mass is 79.9. The summed E-state index contributed by atoms with van der Waals surface area (Å²) in [6.07, 6.45) is 1.83. The molecule has 1 aromatic rings. The molecule has 2 rings (SSSR count). The standard InChI is InChI=1S/C10H14BrN3/c1-14-5-8(9(12)6-14)10-3-2-7(11)4-13-10/h2-4,8-9H,5-6,12H2,1H3. The molecule has 2 heterocycles. The average Bonchev–Trinajstić information content (AvgIpc) is 2.47. The lowest BCUT2D eigenvalue weighted by Gasteiger charge is -2.13. The summed E-state index contributed by atoms with van der Waals surface area (Å²) in [5.41, 5.74) is 7.15. The van der Waals surface area contributed by atoms with Gasteiger partial charge in [0.2, 0.25) is 0 Å². The third kappa shape index (κ3) is 1.97. The molecule has 2 unspecified atom stereocenters. The number of hydrogen-bond donors (Lipinski definition) is 1. The minimum Gasteiger partial charge on any atom is -0.326 e. The van der Waals surface area contributed by atoms with E-state index >= 15 is 0 Å². The van der Waals surface area contributed by atoms with Crippen molar-refractivity contribution in [3.8, 4) is 0 Å². The van der Waals surface area contributed by atoms with Gasteiger partial charge in [0.15, 0.2) is 0 Å². The van der Waals surface area contributed by atoms with E-state index in [-0.39, 0.29) is 6.04 Å². The summed E-state index contributed by atoms with van der Waals surface area (Å²) in [4.78, 5) is 6.64. The van der Waals surface area contributed by atoms with Gasteiger partial charge in [0, 0.05) is 41.4 Å². The van der Waals surface area contributed by atoms with E-state index in [1.165, 1.54) is 0 Å². The Bertz CT molecular complexity index is 312. The molecule has 0 aromatic carbocycles. The number of halogens is 1. The number of nitrogens with two attached hydrogens (primary N) is 1. The topological polar surface area (TPSA) is 42.1 Å². The highest BCUT2D eigenvalue weighted by Crippen LogP contribution is 2.24. The minimum atomic E-state index is 0.216. The summed E-state index contributed by atoms with van der Waals surface area (Å²) in [6, 6.07) is 4.29. The summed E-state index contributed by atoms with van der Waals surface area (Å²) < 4.78 is 1.01. The lowest BCUT2D eigenvalue weighted by molar-refractivity contribution is 0.407. The second kappa shape index (κ2) is 3.96. The maximum absolute atomic E-state index is 6.05. The van der Waals surface area contributed by atoms with Crippen LogP contribution in [0.1, 0.15) is 11.6 Å². The Morgan fingerprint density at radius 2 is 2.29 bits per heavy atom. The smallest absolute Gasteiger partial charge is 0.0464 e. The molecule has 1 saturated heterocycles. The second-order valence-corrected chi connectivity index (χ2v) is 4.81. The first-order valence-corrected chi connectivity index (χ1v) is 5.51. The zero-order valence-electron chi connectivity index (χ0n) is 8.15. The summed E-state index contributed by atoms with van der Waals surface area (Å²) in [5, 5.41) is 0. The molecule has 76 valence electrons. The summed E-state index contributed by atoms with van der Waals surface area (Å²) in [5.74, 6) is 0.382. The molecule has 1 aromatic heterocycles. The highest BCUT2D eigenvalue weighted by molar-refractivity contribution is 9.10. The predicted molar refractivity (Wildman–Crippen MR) is 60.2 cm³/mol. The van der Waals surface area contributed by atoms with Crippen LogP contribution in [0.5, 0.6) is 0 Å². The van der Waals surface area contributed by atoms with Crippen LogP contribution >= 0.6 is 15.9 Å². The van der Waals surface area contributed by atoms with Crippen molar-refractivity contribution in [3.05, 3.63) is 28.5 Å². The van der Waals surface area contributed by atoms with Gasteiger partial charge >= 0.3 is 0 Å². The van der Waals surface area contributed by atoms with Crippen molar-refractivity contribution in [2.24, 2.45) is 5.73 Å². The van der Waals surface area contributed by atoms with Crippen LogP contribution < -0.4 is 5.73 Å². The lowest BCUT2D eigenvalue weighted by Crippen LogP contribution is -2.28. The molecular formula is C10H14BrN3. The zero-order chi connectivity index (χ0) is 10.1. The van der Waals surface area contributed by atoms with Gasteiger partial charge in [-0.05, 0) is 35.1 Å². The van der Waals surface area contributed by atoms with Gasteiger partial charge in [-0.15, -0.1) is 0 Å². The molecule has 0 saturated carbocycles. The number of rotatable bonds is 1. The third-order valence-corrected chi connectivity index (χ3v) is 3.15. The quantitative estimate of drug-likeness (QED) is 0.821. The van der Waals surface area contributed by atoms with E-state index in [1.807, 2.05) is 18.3 Å². The molecule has 1 fully saturated rings. The predicted octanol–water partition coefficient (Wildman–Crippen LogP) is 1.20. The first-order valence-electron chi connectivity index (χ1n) is 4.72. The summed E-state index contributed by atoms with van der Waals surface area (Å²) in [6.45, 7) is 1.97. The molecule has 0 spiro atoms. The minimum absolute atomic E-state index is 0.216. The summed E-state index contributed by atoms with van der Waals surface area (Å²) >= 11 is 3.38. The molecule has 4 heteroatoms. The third-order valence-electron chi connectivity index (χ3n) is 2.68. The van der Waals surface area contributed by atoms with Gasteiger partial charge < -0.3 is 10.6 Å². The van der Waals surface area contributed by atoms with Crippen molar-refractivity contribution in [2.75, 3.05) is 20.1 Å². The van der Waals surface area contributed by atoms with Crippen LogP contribution in [0.25, 0.3) is 0 Å². The molecule has 1 aliphatic rings. The monoisotopic (exact) mass is 255 g/mol. The number of likely N-dealkylation sites (N-methyl/N-ethyl adjacent to an activating group) is 1. The van der Waals surface area contributed by atoms with Gasteiger partial charge in [-0.3, -0.25) is 4.98 Å². The van der Waals surface area contributed by atoms with Gasteiger partial charge in [-0.1, -0.05) is 0 Å². The van der Waals surface area contributed by atoms with E-state index in [9.17, 15) is 0 Å². The van der Waals surface area contributed by atoms with Crippen molar-refractivity contribution >= 4 is 15.9 Å². The van der Waals surface area contributed by atoms with E-state index in [0.29, 0.717) is 5.92 Å². The van der Waals surface area contributed by atoms with Crippen LogP contribution in [0.4, 0.5) is 0 Å². The molecular weight excluding hydrogens is 242 g/mol. The maximum atomic E-state index is 6.05.